The van der Waals surface area contributed by atoms with Gasteiger partial charge >= 0.3 is 12.6 Å². The smallest absolute Gasteiger partial charge is 0.468 e. The van der Waals surface area contributed by atoms with Gasteiger partial charge in [-0.2, -0.15) is 13.2 Å². The summed E-state index contributed by atoms with van der Waals surface area (Å²) in [4.78, 5) is -0.530. The highest BCUT2D eigenvalue weighted by atomic mass is 32.2. The van der Waals surface area contributed by atoms with Crippen LogP contribution in [0.1, 0.15) is 27.7 Å². The SMILES string of the molecule is COCOc1cc(B2OC(C)(C)C(C)(C)O2)c2c(SC(F)(F)F)c(F)ccc2c1. The van der Waals surface area contributed by atoms with Crippen LogP contribution < -0.4 is 10.2 Å². The summed E-state index contributed by atoms with van der Waals surface area (Å²) < 4.78 is 76.3. The zero-order valence-electron chi connectivity index (χ0n) is 16.6. The molecule has 0 saturated carbocycles. The number of halogens is 4. The van der Waals surface area contributed by atoms with Crippen molar-refractivity contribution in [2.45, 2.75) is 49.3 Å². The zero-order chi connectivity index (χ0) is 21.6. The highest BCUT2D eigenvalue weighted by molar-refractivity contribution is 8.00. The third-order valence-corrected chi connectivity index (χ3v) is 5.93. The molecule has 3 rings (SSSR count). The molecule has 0 amide bonds. The number of fused-ring (bicyclic) bond motifs is 1. The molecule has 1 aliphatic rings. The number of hydrogen-bond donors (Lipinski definition) is 0. The molecule has 2 aromatic carbocycles. The molecule has 0 aliphatic carbocycles. The van der Waals surface area contributed by atoms with Crippen LogP contribution in [-0.4, -0.2) is 37.7 Å². The Balaban J connectivity index is 2.23. The second-order valence-corrected chi connectivity index (χ2v) is 8.75. The molecule has 0 N–H and O–H groups in total. The Bertz CT molecular complexity index is 901. The average Bonchev–Trinajstić information content (AvgIpc) is 2.81. The van der Waals surface area contributed by atoms with Crippen molar-refractivity contribution in [2.24, 2.45) is 0 Å². The van der Waals surface area contributed by atoms with Gasteiger partial charge in [0.15, 0.2) is 6.79 Å². The van der Waals surface area contributed by atoms with Gasteiger partial charge in [0.25, 0.3) is 0 Å². The first-order valence-electron chi connectivity index (χ1n) is 8.84. The molecule has 0 bridgehead atoms. The molecule has 0 atom stereocenters. The first kappa shape index (κ1) is 22.2. The Morgan fingerprint density at radius 2 is 1.69 bits per heavy atom. The van der Waals surface area contributed by atoms with E-state index < -0.39 is 46.3 Å². The summed E-state index contributed by atoms with van der Waals surface area (Å²) in [5.74, 6) is -0.623. The van der Waals surface area contributed by atoms with E-state index in [9.17, 15) is 17.6 Å². The second-order valence-electron chi connectivity index (χ2n) is 7.67. The molecule has 0 spiro atoms. The number of benzene rings is 2. The van der Waals surface area contributed by atoms with Gasteiger partial charge in [-0.1, -0.05) is 6.07 Å². The number of hydrogen-bond acceptors (Lipinski definition) is 5. The van der Waals surface area contributed by atoms with Crippen LogP contribution in [0.2, 0.25) is 0 Å². The van der Waals surface area contributed by atoms with E-state index in [1.54, 1.807) is 0 Å². The predicted octanol–water partition coefficient (Wildman–Crippen LogP) is 4.87. The zero-order valence-corrected chi connectivity index (χ0v) is 17.5. The van der Waals surface area contributed by atoms with Crippen molar-refractivity contribution in [3.8, 4) is 5.75 Å². The Hall–Kier alpha value is -1.49. The van der Waals surface area contributed by atoms with E-state index >= 15 is 0 Å². The number of alkyl halides is 3. The molecule has 4 nitrogen and oxygen atoms in total. The Labute approximate surface area is 171 Å². The van der Waals surface area contributed by atoms with Crippen molar-refractivity contribution in [1.29, 1.82) is 0 Å². The second kappa shape index (κ2) is 7.65. The fourth-order valence-corrected chi connectivity index (χ4v) is 3.73. The van der Waals surface area contributed by atoms with Gasteiger partial charge in [0.2, 0.25) is 0 Å². The number of rotatable bonds is 5. The fourth-order valence-electron chi connectivity index (χ4n) is 2.99. The van der Waals surface area contributed by atoms with Crippen LogP contribution in [0.25, 0.3) is 10.8 Å². The molecule has 0 unspecified atom stereocenters. The van der Waals surface area contributed by atoms with Gasteiger partial charge in [-0.25, -0.2) is 4.39 Å². The summed E-state index contributed by atoms with van der Waals surface area (Å²) in [5.41, 5.74) is -5.85. The number of thioether (sulfide) groups is 1. The van der Waals surface area contributed by atoms with Crippen LogP contribution in [0, 0.1) is 5.82 Å². The van der Waals surface area contributed by atoms with E-state index in [1.165, 1.54) is 25.3 Å². The highest BCUT2D eigenvalue weighted by Crippen LogP contribution is 2.43. The van der Waals surface area contributed by atoms with Crippen molar-refractivity contribution >= 4 is 35.1 Å². The van der Waals surface area contributed by atoms with E-state index in [4.69, 9.17) is 18.8 Å². The molecule has 1 aliphatic heterocycles. The molecule has 10 heteroatoms. The molecule has 158 valence electrons. The van der Waals surface area contributed by atoms with Gasteiger partial charge in [0.05, 0.1) is 16.1 Å². The number of methoxy groups -OCH3 is 1. The Morgan fingerprint density at radius 3 is 2.24 bits per heavy atom. The minimum atomic E-state index is -4.66. The average molecular weight is 432 g/mol. The standard InChI is InChI=1S/C19H21BF4O4S/c1-17(2)18(3,4)28-20(27-17)13-9-12(26-10-25-5)8-11-6-7-14(21)16(15(11)13)29-19(22,23)24/h6-9H,10H2,1-5H3. The summed E-state index contributed by atoms with van der Waals surface area (Å²) in [5, 5.41) is 0.451. The van der Waals surface area contributed by atoms with E-state index in [0.717, 1.165) is 6.07 Å². The molecular formula is C19H21BF4O4S. The lowest BCUT2D eigenvalue weighted by atomic mass is 9.76. The number of ether oxygens (including phenoxy) is 2. The van der Waals surface area contributed by atoms with Gasteiger partial charge in [-0.3, -0.25) is 0 Å². The molecule has 1 heterocycles. The molecule has 29 heavy (non-hydrogen) atoms. The third kappa shape index (κ3) is 4.50. The quantitative estimate of drug-likeness (QED) is 0.292. The van der Waals surface area contributed by atoms with Crippen molar-refractivity contribution in [3.63, 3.8) is 0 Å². The molecule has 0 radical (unpaired) electrons. The van der Waals surface area contributed by atoms with Crippen molar-refractivity contribution in [2.75, 3.05) is 13.9 Å². The lowest BCUT2D eigenvalue weighted by Gasteiger charge is -2.32. The molecule has 1 saturated heterocycles. The predicted molar refractivity (Wildman–Crippen MR) is 104 cm³/mol. The monoisotopic (exact) mass is 432 g/mol. The maximum Gasteiger partial charge on any atom is 0.495 e. The van der Waals surface area contributed by atoms with Crippen LogP contribution in [0.4, 0.5) is 17.6 Å². The van der Waals surface area contributed by atoms with E-state index in [1.807, 2.05) is 27.7 Å². The van der Waals surface area contributed by atoms with Crippen LogP contribution in [0.3, 0.4) is 0 Å². The van der Waals surface area contributed by atoms with E-state index in [2.05, 4.69) is 0 Å². The van der Waals surface area contributed by atoms with Gasteiger partial charge in [-0.15, -0.1) is 0 Å². The minimum absolute atomic E-state index is 0.0559. The van der Waals surface area contributed by atoms with Gasteiger partial charge in [0, 0.05) is 7.11 Å². The molecule has 0 aromatic heterocycles. The van der Waals surface area contributed by atoms with Gasteiger partial charge in [-0.05, 0) is 73.9 Å². The fraction of sp³-hybridized carbons (Fsp3) is 0.474. The van der Waals surface area contributed by atoms with Gasteiger partial charge in [0.1, 0.15) is 11.6 Å². The van der Waals surface area contributed by atoms with Crippen LogP contribution >= 0.6 is 11.8 Å². The normalized spacial score (nSPS) is 18.4. The largest absolute Gasteiger partial charge is 0.495 e. The maximum atomic E-state index is 14.5. The highest BCUT2D eigenvalue weighted by Gasteiger charge is 2.52. The summed E-state index contributed by atoms with van der Waals surface area (Å²) >= 11 is -0.498. The summed E-state index contributed by atoms with van der Waals surface area (Å²) in [6, 6.07) is 5.44. The van der Waals surface area contributed by atoms with Crippen LogP contribution in [0.15, 0.2) is 29.2 Å². The topological polar surface area (TPSA) is 36.9 Å². The Kier molecular flexibility index (Phi) is 5.85. The van der Waals surface area contributed by atoms with Crippen molar-refractivity contribution in [3.05, 3.63) is 30.1 Å². The molecule has 1 fully saturated rings. The Morgan fingerprint density at radius 1 is 1.07 bits per heavy atom. The molecule has 2 aromatic rings. The summed E-state index contributed by atoms with van der Waals surface area (Å²) in [7, 11) is 0.451. The van der Waals surface area contributed by atoms with Crippen molar-refractivity contribution in [1.82, 2.24) is 0 Å². The third-order valence-electron chi connectivity index (χ3n) is 5.09. The van der Waals surface area contributed by atoms with E-state index in [0.29, 0.717) is 11.1 Å². The van der Waals surface area contributed by atoms with E-state index in [-0.39, 0.29) is 17.6 Å². The molecular weight excluding hydrogens is 411 g/mol. The summed E-state index contributed by atoms with van der Waals surface area (Å²) in [6.45, 7) is 7.25. The summed E-state index contributed by atoms with van der Waals surface area (Å²) in [6.07, 6.45) is 0. The van der Waals surface area contributed by atoms with Crippen LogP contribution in [0.5, 0.6) is 5.75 Å². The maximum absolute atomic E-state index is 14.5. The van der Waals surface area contributed by atoms with Crippen molar-refractivity contribution < 1.29 is 36.3 Å². The first-order chi connectivity index (χ1) is 13.3. The first-order valence-corrected chi connectivity index (χ1v) is 9.65. The van der Waals surface area contributed by atoms with Crippen LogP contribution in [-0.2, 0) is 14.0 Å². The lowest BCUT2D eigenvalue weighted by molar-refractivity contribution is -0.0328. The minimum Gasteiger partial charge on any atom is -0.468 e. The lowest BCUT2D eigenvalue weighted by Crippen LogP contribution is -2.41. The van der Waals surface area contributed by atoms with Gasteiger partial charge < -0.3 is 18.8 Å².